The molecule has 0 radical (unpaired) electrons. The highest BCUT2D eigenvalue weighted by Crippen LogP contribution is 2.44. The van der Waals surface area contributed by atoms with E-state index in [-0.39, 0.29) is 17.6 Å². The number of nitrogens with zero attached hydrogens (tertiary/aromatic N) is 3. The topological polar surface area (TPSA) is 92.1 Å². The third-order valence-corrected chi connectivity index (χ3v) is 4.80. The van der Waals surface area contributed by atoms with E-state index in [1.807, 2.05) is 50.2 Å². The molecule has 3 aromatic rings. The molecule has 27 heavy (non-hydrogen) atoms. The van der Waals surface area contributed by atoms with Gasteiger partial charge in [0.1, 0.15) is 5.69 Å². The molecule has 2 aromatic carbocycles. The van der Waals surface area contributed by atoms with Crippen LogP contribution in [0.1, 0.15) is 41.5 Å². The molecule has 1 N–H and O–H groups in total. The number of rotatable bonds is 4. The van der Waals surface area contributed by atoms with Gasteiger partial charge in [-0.25, -0.2) is 0 Å². The quantitative estimate of drug-likeness (QED) is 0.562. The van der Waals surface area contributed by atoms with Crippen molar-refractivity contribution in [2.24, 2.45) is 0 Å². The lowest BCUT2D eigenvalue weighted by molar-refractivity contribution is -0.384. The molecule has 1 amide bonds. The zero-order valence-corrected chi connectivity index (χ0v) is 14.9. The fourth-order valence-electron chi connectivity index (χ4n) is 3.65. The molecule has 7 heteroatoms. The van der Waals surface area contributed by atoms with Crippen LogP contribution >= 0.6 is 0 Å². The van der Waals surface area contributed by atoms with Crippen molar-refractivity contribution in [1.29, 1.82) is 0 Å². The van der Waals surface area contributed by atoms with Crippen molar-refractivity contribution in [3.63, 3.8) is 0 Å². The van der Waals surface area contributed by atoms with Gasteiger partial charge in [0.2, 0.25) is 0 Å². The van der Waals surface area contributed by atoms with Crippen molar-refractivity contribution >= 4 is 11.6 Å². The van der Waals surface area contributed by atoms with Crippen LogP contribution < -0.4 is 0 Å². The Morgan fingerprint density at radius 2 is 1.89 bits per heavy atom. The highest BCUT2D eigenvalue weighted by Gasteiger charge is 2.43. The second-order valence-corrected chi connectivity index (χ2v) is 6.79. The Hall–Kier alpha value is -3.48. The van der Waals surface area contributed by atoms with Gasteiger partial charge in [-0.05, 0) is 19.4 Å². The number of aromatic amines is 1. The molecule has 1 aliphatic heterocycles. The predicted octanol–water partition coefficient (Wildman–Crippen LogP) is 3.94. The SMILES string of the molecule is CC(C)N1C(=O)c2[nH]nc(-c3ccccc3)c2C1c1cccc([N+](=O)[O-])c1. The summed E-state index contributed by atoms with van der Waals surface area (Å²) in [6.45, 7) is 3.87. The van der Waals surface area contributed by atoms with Crippen LogP contribution in [0.15, 0.2) is 54.6 Å². The molecule has 0 bridgehead atoms. The number of H-pyrrole nitrogens is 1. The number of nitro benzene ring substituents is 1. The van der Waals surface area contributed by atoms with Gasteiger partial charge in [-0.2, -0.15) is 5.10 Å². The summed E-state index contributed by atoms with van der Waals surface area (Å²) in [5.74, 6) is -0.147. The summed E-state index contributed by atoms with van der Waals surface area (Å²) in [7, 11) is 0. The van der Waals surface area contributed by atoms with E-state index < -0.39 is 11.0 Å². The largest absolute Gasteiger partial charge is 0.324 e. The van der Waals surface area contributed by atoms with Crippen LogP contribution in [0.4, 0.5) is 5.69 Å². The number of fused-ring (bicyclic) bond motifs is 1. The second kappa shape index (κ2) is 6.35. The second-order valence-electron chi connectivity index (χ2n) is 6.79. The van der Waals surface area contributed by atoms with Crippen molar-refractivity contribution in [3.05, 3.63) is 81.5 Å². The lowest BCUT2D eigenvalue weighted by atomic mass is 9.95. The maximum atomic E-state index is 13.0. The Bertz CT molecular complexity index is 1030. The van der Waals surface area contributed by atoms with Crippen LogP contribution in [-0.4, -0.2) is 32.0 Å². The number of carbonyl (C=O) groups is 1. The first-order chi connectivity index (χ1) is 13.0. The molecule has 1 aliphatic rings. The molecule has 0 saturated heterocycles. The third kappa shape index (κ3) is 2.68. The van der Waals surface area contributed by atoms with Crippen LogP contribution in [-0.2, 0) is 0 Å². The average molecular weight is 362 g/mol. The molecule has 0 fully saturated rings. The van der Waals surface area contributed by atoms with Crippen LogP contribution in [0.25, 0.3) is 11.3 Å². The van der Waals surface area contributed by atoms with E-state index in [4.69, 9.17) is 0 Å². The molecule has 7 nitrogen and oxygen atoms in total. The fraction of sp³-hybridized carbons (Fsp3) is 0.200. The first-order valence-corrected chi connectivity index (χ1v) is 8.69. The van der Waals surface area contributed by atoms with E-state index in [1.165, 1.54) is 12.1 Å². The van der Waals surface area contributed by atoms with E-state index in [2.05, 4.69) is 10.2 Å². The summed E-state index contributed by atoms with van der Waals surface area (Å²) in [5.41, 5.74) is 3.49. The molecule has 1 unspecified atom stereocenters. The standard InChI is InChI=1S/C20H18N4O3/c1-12(2)23-19(14-9-6-10-15(11-14)24(26)27)16-17(13-7-4-3-5-8-13)21-22-18(16)20(23)25/h3-12,19H,1-2H3,(H,21,22). The maximum absolute atomic E-state index is 13.0. The minimum Gasteiger partial charge on any atom is -0.324 e. The van der Waals surface area contributed by atoms with Crippen LogP contribution in [0.2, 0.25) is 0 Å². The average Bonchev–Trinajstić information content (AvgIpc) is 3.21. The number of nitro groups is 1. The lowest BCUT2D eigenvalue weighted by Gasteiger charge is -2.29. The monoisotopic (exact) mass is 362 g/mol. The van der Waals surface area contributed by atoms with Gasteiger partial charge >= 0.3 is 0 Å². The molecular weight excluding hydrogens is 344 g/mol. The molecule has 1 aromatic heterocycles. The summed E-state index contributed by atoms with van der Waals surface area (Å²) in [6, 6.07) is 15.6. The number of hydrogen-bond donors (Lipinski definition) is 1. The third-order valence-electron chi connectivity index (χ3n) is 4.80. The van der Waals surface area contributed by atoms with Crippen molar-refractivity contribution in [2.45, 2.75) is 25.9 Å². The van der Waals surface area contributed by atoms with Gasteiger partial charge in [0, 0.05) is 29.3 Å². The Morgan fingerprint density at radius 1 is 1.15 bits per heavy atom. The first kappa shape index (κ1) is 17.0. The smallest absolute Gasteiger partial charge is 0.273 e. The molecule has 0 saturated carbocycles. The Labute approximate surface area is 155 Å². The highest BCUT2D eigenvalue weighted by atomic mass is 16.6. The van der Waals surface area contributed by atoms with E-state index >= 15 is 0 Å². The van der Waals surface area contributed by atoms with E-state index in [0.717, 1.165) is 11.1 Å². The molecular formula is C20H18N4O3. The van der Waals surface area contributed by atoms with Crippen LogP contribution in [0.3, 0.4) is 0 Å². The summed E-state index contributed by atoms with van der Waals surface area (Å²) in [4.78, 5) is 25.6. The van der Waals surface area contributed by atoms with Crippen LogP contribution in [0, 0.1) is 10.1 Å². The van der Waals surface area contributed by atoms with Gasteiger partial charge in [-0.1, -0.05) is 42.5 Å². The number of carbonyl (C=O) groups excluding carboxylic acids is 1. The summed E-state index contributed by atoms with van der Waals surface area (Å²) >= 11 is 0. The number of benzene rings is 2. The minimum atomic E-state index is -0.429. The molecule has 136 valence electrons. The number of aromatic nitrogens is 2. The summed E-state index contributed by atoms with van der Waals surface area (Å²) < 4.78 is 0. The molecule has 4 rings (SSSR count). The zero-order valence-electron chi connectivity index (χ0n) is 14.9. The number of hydrogen-bond acceptors (Lipinski definition) is 4. The first-order valence-electron chi connectivity index (χ1n) is 8.69. The predicted molar refractivity (Wildman–Crippen MR) is 100 cm³/mol. The van der Waals surface area contributed by atoms with E-state index in [1.54, 1.807) is 11.0 Å². The number of amides is 1. The molecule has 0 spiro atoms. The maximum Gasteiger partial charge on any atom is 0.273 e. The molecule has 2 heterocycles. The van der Waals surface area contributed by atoms with E-state index in [9.17, 15) is 14.9 Å². The van der Waals surface area contributed by atoms with Crippen molar-refractivity contribution < 1.29 is 9.72 Å². The summed E-state index contributed by atoms with van der Waals surface area (Å²) in [5, 5.41) is 18.5. The zero-order chi connectivity index (χ0) is 19.1. The molecule has 1 atom stereocenters. The van der Waals surface area contributed by atoms with Gasteiger partial charge in [-0.3, -0.25) is 20.0 Å². The Morgan fingerprint density at radius 3 is 2.56 bits per heavy atom. The van der Waals surface area contributed by atoms with E-state index in [0.29, 0.717) is 17.0 Å². The van der Waals surface area contributed by atoms with Gasteiger partial charge < -0.3 is 4.90 Å². The normalized spacial score (nSPS) is 16.0. The Balaban J connectivity index is 1.93. The molecule has 0 aliphatic carbocycles. The summed E-state index contributed by atoms with van der Waals surface area (Å²) in [6.07, 6.45) is 0. The fourth-order valence-corrected chi connectivity index (χ4v) is 3.65. The minimum absolute atomic E-state index is 0.00172. The van der Waals surface area contributed by atoms with Crippen LogP contribution in [0.5, 0.6) is 0 Å². The number of non-ortho nitro benzene ring substituents is 1. The van der Waals surface area contributed by atoms with Gasteiger partial charge in [-0.15, -0.1) is 0 Å². The highest BCUT2D eigenvalue weighted by molar-refractivity contribution is 6.00. The van der Waals surface area contributed by atoms with Crippen molar-refractivity contribution in [3.8, 4) is 11.3 Å². The van der Waals surface area contributed by atoms with Gasteiger partial charge in [0.05, 0.1) is 16.7 Å². The van der Waals surface area contributed by atoms with Gasteiger partial charge in [0.25, 0.3) is 11.6 Å². The lowest BCUT2D eigenvalue weighted by Crippen LogP contribution is -2.35. The van der Waals surface area contributed by atoms with Gasteiger partial charge in [0.15, 0.2) is 0 Å². The Kier molecular flexibility index (Phi) is 3.99. The van der Waals surface area contributed by atoms with Crippen molar-refractivity contribution in [2.75, 3.05) is 0 Å². The van der Waals surface area contributed by atoms with Crippen molar-refractivity contribution in [1.82, 2.24) is 15.1 Å². The number of nitrogens with one attached hydrogen (secondary N) is 1.